The highest BCUT2D eigenvalue weighted by molar-refractivity contribution is 5.86. The van der Waals surface area contributed by atoms with E-state index in [0.29, 0.717) is 58.4 Å². The van der Waals surface area contributed by atoms with Gasteiger partial charge in [0.25, 0.3) is 0 Å². The minimum atomic E-state index is -1.04. The van der Waals surface area contributed by atoms with Crippen LogP contribution in [0.5, 0.6) is 0 Å². The van der Waals surface area contributed by atoms with E-state index in [1.54, 1.807) is 4.90 Å². The molecule has 160 valence electrons. The van der Waals surface area contributed by atoms with E-state index in [4.69, 9.17) is 9.47 Å². The predicted molar refractivity (Wildman–Crippen MR) is 103 cm³/mol. The summed E-state index contributed by atoms with van der Waals surface area (Å²) in [6.45, 7) is 8.90. The van der Waals surface area contributed by atoms with Crippen LogP contribution in [0.15, 0.2) is 0 Å². The smallest absolute Gasteiger partial charge is 0.410 e. The van der Waals surface area contributed by atoms with Crippen molar-refractivity contribution in [2.75, 3.05) is 32.8 Å². The number of carboxylic acid groups (broad SMARTS) is 1. The van der Waals surface area contributed by atoms with Crippen LogP contribution in [0.2, 0.25) is 0 Å². The van der Waals surface area contributed by atoms with E-state index in [1.807, 2.05) is 27.7 Å². The number of nitrogens with zero attached hydrogens (tertiary/aromatic N) is 2. The zero-order valence-corrected chi connectivity index (χ0v) is 17.5. The molecule has 0 saturated carbocycles. The molecule has 0 spiro atoms. The van der Waals surface area contributed by atoms with Crippen molar-refractivity contribution in [1.82, 2.24) is 9.80 Å². The molecule has 0 bridgehead atoms. The number of amides is 2. The van der Waals surface area contributed by atoms with Gasteiger partial charge < -0.3 is 24.4 Å². The zero-order chi connectivity index (χ0) is 20.9. The fourth-order valence-electron chi connectivity index (χ4n) is 4.00. The van der Waals surface area contributed by atoms with Crippen molar-refractivity contribution in [3.05, 3.63) is 0 Å². The van der Waals surface area contributed by atoms with Gasteiger partial charge in [0.05, 0.1) is 11.5 Å². The number of ether oxygens (including phenoxy) is 2. The largest absolute Gasteiger partial charge is 0.480 e. The van der Waals surface area contributed by atoms with E-state index in [2.05, 4.69) is 0 Å². The van der Waals surface area contributed by atoms with Crippen LogP contribution in [0.4, 0.5) is 4.79 Å². The topological polar surface area (TPSA) is 96.4 Å². The molecule has 8 nitrogen and oxygen atoms in total. The van der Waals surface area contributed by atoms with Gasteiger partial charge in [-0.05, 0) is 52.9 Å². The van der Waals surface area contributed by atoms with Crippen LogP contribution in [0.1, 0.15) is 59.8 Å². The average Bonchev–Trinajstić information content (AvgIpc) is 2.64. The number of hydrogen-bond acceptors (Lipinski definition) is 5. The highest BCUT2D eigenvalue weighted by Crippen LogP contribution is 2.37. The lowest BCUT2D eigenvalue weighted by molar-refractivity contribution is -0.157. The van der Waals surface area contributed by atoms with Crippen molar-refractivity contribution >= 4 is 18.0 Å². The van der Waals surface area contributed by atoms with E-state index in [1.165, 1.54) is 4.90 Å². The second-order valence-corrected chi connectivity index (χ2v) is 8.80. The first-order valence-electron chi connectivity index (χ1n) is 10.2. The third-order valence-electron chi connectivity index (χ3n) is 5.64. The van der Waals surface area contributed by atoms with Crippen molar-refractivity contribution in [3.8, 4) is 0 Å². The molecular formula is C20H34N2O6. The van der Waals surface area contributed by atoms with Gasteiger partial charge in [-0.3, -0.25) is 9.59 Å². The molecule has 2 saturated heterocycles. The molecule has 0 aromatic heterocycles. The van der Waals surface area contributed by atoms with E-state index in [-0.39, 0.29) is 18.5 Å². The fraction of sp³-hybridized carbons (Fsp3) is 0.850. The number of carbonyl (C=O) groups excluding carboxylic acids is 2. The molecule has 0 unspecified atom stereocenters. The first-order valence-corrected chi connectivity index (χ1v) is 10.2. The van der Waals surface area contributed by atoms with Crippen molar-refractivity contribution in [3.63, 3.8) is 0 Å². The van der Waals surface area contributed by atoms with E-state index in [0.717, 1.165) is 0 Å². The summed E-state index contributed by atoms with van der Waals surface area (Å²) >= 11 is 0. The first-order chi connectivity index (χ1) is 13.1. The normalized spacial score (nSPS) is 22.4. The Hall–Kier alpha value is -1.83. The molecule has 2 fully saturated rings. The maximum atomic E-state index is 13.5. The SMILES string of the molecule is CCC1(C(=O)N(CC(=O)O)[C@H]2CCCN(C(=O)OC(C)(C)C)C2)CCOCC1. The lowest BCUT2D eigenvalue weighted by Gasteiger charge is -2.44. The van der Waals surface area contributed by atoms with Gasteiger partial charge in [-0.15, -0.1) is 0 Å². The van der Waals surface area contributed by atoms with Crippen LogP contribution in [-0.2, 0) is 19.1 Å². The molecule has 0 aliphatic carbocycles. The van der Waals surface area contributed by atoms with Crippen molar-refractivity contribution < 1.29 is 29.0 Å². The zero-order valence-electron chi connectivity index (χ0n) is 17.5. The standard InChI is InChI=1S/C20H34N2O6/c1-5-20(8-11-27-12-9-20)17(25)22(14-16(23)24)15-7-6-10-21(13-15)18(26)28-19(2,3)4/h15H,5-14H2,1-4H3,(H,23,24)/t15-/m0/s1. The first kappa shape index (κ1) is 22.5. The average molecular weight is 399 g/mol. The van der Waals surface area contributed by atoms with Gasteiger partial charge in [0.15, 0.2) is 0 Å². The number of piperidine rings is 1. The van der Waals surface area contributed by atoms with Gasteiger partial charge in [-0.2, -0.15) is 0 Å². The molecule has 28 heavy (non-hydrogen) atoms. The Bertz CT molecular complexity index is 580. The summed E-state index contributed by atoms with van der Waals surface area (Å²) in [4.78, 5) is 40.5. The monoisotopic (exact) mass is 398 g/mol. The lowest BCUT2D eigenvalue weighted by Crippen LogP contribution is -2.57. The molecule has 0 radical (unpaired) electrons. The Morgan fingerprint density at radius 1 is 1.25 bits per heavy atom. The van der Waals surface area contributed by atoms with Crippen molar-refractivity contribution in [2.24, 2.45) is 5.41 Å². The summed E-state index contributed by atoms with van der Waals surface area (Å²) in [6, 6.07) is -0.323. The molecular weight excluding hydrogens is 364 g/mol. The molecule has 2 aliphatic heterocycles. The Labute approximate surface area is 167 Å². The minimum Gasteiger partial charge on any atom is -0.480 e. The summed E-state index contributed by atoms with van der Waals surface area (Å²) in [5, 5.41) is 9.42. The summed E-state index contributed by atoms with van der Waals surface area (Å²) in [6.07, 6.45) is 2.80. The Kier molecular flexibility index (Phi) is 7.31. The Balaban J connectivity index is 2.18. The molecule has 2 amide bonds. The number of hydrogen-bond donors (Lipinski definition) is 1. The third-order valence-corrected chi connectivity index (χ3v) is 5.64. The summed E-state index contributed by atoms with van der Waals surface area (Å²) in [7, 11) is 0. The predicted octanol–water partition coefficient (Wildman–Crippen LogP) is 2.51. The highest BCUT2D eigenvalue weighted by atomic mass is 16.6. The van der Waals surface area contributed by atoms with Gasteiger partial charge in [-0.1, -0.05) is 6.92 Å². The van der Waals surface area contributed by atoms with E-state index >= 15 is 0 Å². The molecule has 2 rings (SSSR count). The van der Waals surface area contributed by atoms with Crippen LogP contribution >= 0.6 is 0 Å². The second-order valence-electron chi connectivity index (χ2n) is 8.80. The van der Waals surface area contributed by atoms with E-state index in [9.17, 15) is 19.5 Å². The quantitative estimate of drug-likeness (QED) is 0.764. The number of rotatable bonds is 5. The van der Waals surface area contributed by atoms with Crippen molar-refractivity contribution in [2.45, 2.75) is 71.4 Å². The Morgan fingerprint density at radius 2 is 1.89 bits per heavy atom. The van der Waals surface area contributed by atoms with Crippen LogP contribution in [0.25, 0.3) is 0 Å². The van der Waals surface area contributed by atoms with Gasteiger partial charge in [0, 0.05) is 26.3 Å². The van der Waals surface area contributed by atoms with Crippen LogP contribution in [-0.4, -0.2) is 77.4 Å². The summed E-state index contributed by atoms with van der Waals surface area (Å²) < 4.78 is 10.9. The van der Waals surface area contributed by atoms with Crippen LogP contribution < -0.4 is 0 Å². The number of carboxylic acids is 1. The maximum Gasteiger partial charge on any atom is 0.410 e. The van der Waals surface area contributed by atoms with Gasteiger partial charge >= 0.3 is 12.1 Å². The molecule has 2 heterocycles. The number of aliphatic carboxylic acids is 1. The van der Waals surface area contributed by atoms with Gasteiger partial charge in [0.2, 0.25) is 5.91 Å². The Morgan fingerprint density at radius 3 is 2.43 bits per heavy atom. The number of carbonyl (C=O) groups is 3. The van der Waals surface area contributed by atoms with Gasteiger partial charge in [0.1, 0.15) is 12.1 Å². The van der Waals surface area contributed by atoms with Gasteiger partial charge in [-0.25, -0.2) is 4.79 Å². The number of likely N-dealkylation sites (tertiary alicyclic amines) is 1. The molecule has 1 N–H and O–H groups in total. The molecule has 2 aliphatic rings. The minimum absolute atomic E-state index is 0.128. The fourth-order valence-corrected chi connectivity index (χ4v) is 4.00. The molecule has 0 aromatic rings. The lowest BCUT2D eigenvalue weighted by atomic mass is 9.76. The summed E-state index contributed by atoms with van der Waals surface area (Å²) in [5.41, 5.74) is -1.18. The maximum absolute atomic E-state index is 13.5. The second kappa shape index (κ2) is 9.11. The molecule has 0 aromatic carbocycles. The molecule has 1 atom stereocenters. The van der Waals surface area contributed by atoms with Crippen molar-refractivity contribution in [1.29, 1.82) is 0 Å². The third kappa shape index (κ3) is 5.59. The molecule has 8 heteroatoms. The van der Waals surface area contributed by atoms with Crippen LogP contribution in [0, 0.1) is 5.41 Å². The van der Waals surface area contributed by atoms with Crippen LogP contribution in [0.3, 0.4) is 0 Å². The highest BCUT2D eigenvalue weighted by Gasteiger charge is 2.44. The summed E-state index contributed by atoms with van der Waals surface area (Å²) in [5.74, 6) is -1.17. The van der Waals surface area contributed by atoms with E-state index < -0.39 is 23.1 Å².